The van der Waals surface area contributed by atoms with Gasteiger partial charge in [0.2, 0.25) is 5.91 Å². The third-order valence-corrected chi connectivity index (χ3v) is 5.20. The number of carbonyl (C=O) groups excluding carboxylic acids is 1. The van der Waals surface area contributed by atoms with E-state index in [2.05, 4.69) is 0 Å². The van der Waals surface area contributed by atoms with Crippen molar-refractivity contribution in [2.75, 3.05) is 32.7 Å². The molecule has 3 aliphatic rings. The van der Waals surface area contributed by atoms with Crippen molar-refractivity contribution < 1.29 is 14.7 Å². The van der Waals surface area contributed by atoms with Crippen LogP contribution in [0, 0.1) is 17.8 Å². The Bertz CT molecular complexity index is 387. The van der Waals surface area contributed by atoms with Crippen molar-refractivity contribution in [2.24, 2.45) is 17.8 Å². The van der Waals surface area contributed by atoms with Gasteiger partial charge in [0.25, 0.3) is 0 Å². The zero-order chi connectivity index (χ0) is 14.1. The quantitative estimate of drug-likeness (QED) is 0.839. The second-order valence-corrected chi connectivity index (χ2v) is 6.49. The molecule has 2 saturated carbocycles. The fourth-order valence-corrected chi connectivity index (χ4v) is 4.11. The molecule has 1 aliphatic heterocycles. The van der Waals surface area contributed by atoms with E-state index < -0.39 is 5.97 Å². The van der Waals surface area contributed by atoms with Crippen LogP contribution in [0.3, 0.4) is 0 Å². The standard InChI is InChI=1S/C15H24N2O3/c18-13(19)10-16-6-3-7-17(9-8-16)15(20)14-11-4-1-2-5-12(11)14/h11-12,14H,1-10H2,(H,18,19). The molecule has 112 valence electrons. The highest BCUT2D eigenvalue weighted by Gasteiger charge is 2.55. The zero-order valence-electron chi connectivity index (χ0n) is 12.0. The van der Waals surface area contributed by atoms with E-state index in [1.165, 1.54) is 25.7 Å². The van der Waals surface area contributed by atoms with Crippen LogP contribution in [0.4, 0.5) is 0 Å². The Morgan fingerprint density at radius 3 is 2.30 bits per heavy atom. The summed E-state index contributed by atoms with van der Waals surface area (Å²) in [4.78, 5) is 27.3. The highest BCUT2D eigenvalue weighted by Crippen LogP contribution is 2.56. The van der Waals surface area contributed by atoms with Gasteiger partial charge in [-0.05, 0) is 31.1 Å². The van der Waals surface area contributed by atoms with Gasteiger partial charge in [-0.15, -0.1) is 0 Å². The molecule has 2 aliphatic carbocycles. The molecule has 5 nitrogen and oxygen atoms in total. The summed E-state index contributed by atoms with van der Waals surface area (Å²) in [6.45, 7) is 3.07. The fourth-order valence-electron chi connectivity index (χ4n) is 4.11. The van der Waals surface area contributed by atoms with E-state index >= 15 is 0 Å². The number of carboxylic acids is 1. The normalized spacial score (nSPS) is 34.2. The second kappa shape index (κ2) is 5.72. The summed E-state index contributed by atoms with van der Waals surface area (Å²) < 4.78 is 0. The van der Waals surface area contributed by atoms with Crippen molar-refractivity contribution in [2.45, 2.75) is 32.1 Å². The Labute approximate surface area is 119 Å². The lowest BCUT2D eigenvalue weighted by Crippen LogP contribution is -2.37. The summed E-state index contributed by atoms with van der Waals surface area (Å²) in [6, 6.07) is 0. The van der Waals surface area contributed by atoms with E-state index in [0.29, 0.717) is 36.8 Å². The van der Waals surface area contributed by atoms with Gasteiger partial charge in [-0.2, -0.15) is 0 Å². The van der Waals surface area contributed by atoms with Gasteiger partial charge < -0.3 is 10.0 Å². The van der Waals surface area contributed by atoms with Crippen molar-refractivity contribution in [3.05, 3.63) is 0 Å². The van der Waals surface area contributed by atoms with Crippen molar-refractivity contribution in [3.8, 4) is 0 Å². The topological polar surface area (TPSA) is 60.9 Å². The number of hydrogen-bond acceptors (Lipinski definition) is 3. The minimum absolute atomic E-state index is 0.0940. The number of hydrogen-bond donors (Lipinski definition) is 1. The highest BCUT2D eigenvalue weighted by atomic mass is 16.4. The first-order valence-electron chi connectivity index (χ1n) is 7.90. The molecule has 0 aromatic heterocycles. The van der Waals surface area contributed by atoms with Gasteiger partial charge in [-0.3, -0.25) is 14.5 Å². The second-order valence-electron chi connectivity index (χ2n) is 6.49. The first-order valence-corrected chi connectivity index (χ1v) is 7.90. The predicted molar refractivity (Wildman–Crippen MR) is 74.2 cm³/mol. The molecule has 2 atom stereocenters. The number of rotatable bonds is 3. The van der Waals surface area contributed by atoms with Gasteiger partial charge in [0, 0.05) is 32.1 Å². The molecule has 2 unspecified atom stereocenters. The largest absolute Gasteiger partial charge is 0.480 e. The minimum Gasteiger partial charge on any atom is -0.480 e. The number of amides is 1. The van der Waals surface area contributed by atoms with Crippen molar-refractivity contribution in [1.29, 1.82) is 0 Å². The van der Waals surface area contributed by atoms with Crippen LogP contribution in [-0.4, -0.2) is 59.5 Å². The van der Waals surface area contributed by atoms with E-state index in [-0.39, 0.29) is 6.54 Å². The Hall–Kier alpha value is -1.10. The van der Waals surface area contributed by atoms with E-state index in [1.807, 2.05) is 9.80 Å². The molecule has 1 N–H and O–H groups in total. The maximum absolute atomic E-state index is 12.6. The van der Waals surface area contributed by atoms with E-state index in [9.17, 15) is 9.59 Å². The number of carbonyl (C=O) groups is 2. The lowest BCUT2D eigenvalue weighted by molar-refractivity contribution is -0.138. The maximum Gasteiger partial charge on any atom is 0.317 e. The van der Waals surface area contributed by atoms with Gasteiger partial charge in [-0.25, -0.2) is 0 Å². The van der Waals surface area contributed by atoms with Gasteiger partial charge in [0.05, 0.1) is 6.54 Å². The Morgan fingerprint density at radius 2 is 1.65 bits per heavy atom. The molecular formula is C15H24N2O3. The molecule has 20 heavy (non-hydrogen) atoms. The van der Waals surface area contributed by atoms with Crippen LogP contribution in [0.15, 0.2) is 0 Å². The molecule has 0 aromatic carbocycles. The maximum atomic E-state index is 12.6. The van der Waals surface area contributed by atoms with Crippen LogP contribution in [-0.2, 0) is 9.59 Å². The first-order chi connectivity index (χ1) is 9.66. The summed E-state index contributed by atoms with van der Waals surface area (Å²) in [5.41, 5.74) is 0. The van der Waals surface area contributed by atoms with Gasteiger partial charge in [-0.1, -0.05) is 12.8 Å². The summed E-state index contributed by atoms with van der Waals surface area (Å²) in [7, 11) is 0. The molecule has 0 spiro atoms. The van der Waals surface area contributed by atoms with Crippen molar-refractivity contribution in [1.82, 2.24) is 9.80 Å². The van der Waals surface area contributed by atoms with Gasteiger partial charge in [0.15, 0.2) is 0 Å². The van der Waals surface area contributed by atoms with Crippen LogP contribution in [0.25, 0.3) is 0 Å². The lowest BCUT2D eigenvalue weighted by atomic mass is 10.0. The Kier molecular flexibility index (Phi) is 3.96. The van der Waals surface area contributed by atoms with E-state index in [0.717, 1.165) is 19.5 Å². The van der Waals surface area contributed by atoms with Crippen molar-refractivity contribution >= 4 is 11.9 Å². The summed E-state index contributed by atoms with van der Waals surface area (Å²) in [6.07, 6.45) is 5.94. The van der Waals surface area contributed by atoms with Gasteiger partial charge >= 0.3 is 5.97 Å². The highest BCUT2D eigenvalue weighted by molar-refractivity contribution is 5.82. The number of carboxylic acid groups (broad SMARTS) is 1. The molecule has 0 radical (unpaired) electrons. The molecule has 0 bridgehead atoms. The molecule has 0 aromatic rings. The third kappa shape index (κ3) is 2.82. The van der Waals surface area contributed by atoms with Crippen LogP contribution in [0.1, 0.15) is 32.1 Å². The van der Waals surface area contributed by atoms with E-state index in [1.54, 1.807) is 0 Å². The number of nitrogens with zero attached hydrogens (tertiary/aromatic N) is 2. The number of fused-ring (bicyclic) bond motifs is 1. The molecule has 1 heterocycles. The Morgan fingerprint density at radius 1 is 0.950 bits per heavy atom. The monoisotopic (exact) mass is 280 g/mol. The summed E-state index contributed by atoms with van der Waals surface area (Å²) in [5.74, 6) is 1.19. The molecular weight excluding hydrogens is 256 g/mol. The predicted octanol–water partition coefficient (Wildman–Crippen LogP) is 1.04. The number of aliphatic carboxylic acids is 1. The molecule has 1 amide bonds. The average Bonchev–Trinajstić information content (AvgIpc) is 3.17. The minimum atomic E-state index is -0.780. The smallest absolute Gasteiger partial charge is 0.317 e. The summed E-state index contributed by atoms with van der Waals surface area (Å²) in [5, 5.41) is 8.85. The summed E-state index contributed by atoms with van der Waals surface area (Å²) >= 11 is 0. The molecule has 5 heteroatoms. The fraction of sp³-hybridized carbons (Fsp3) is 0.867. The van der Waals surface area contributed by atoms with Crippen molar-refractivity contribution in [3.63, 3.8) is 0 Å². The molecule has 3 rings (SSSR count). The van der Waals surface area contributed by atoms with Crippen LogP contribution >= 0.6 is 0 Å². The Balaban J connectivity index is 1.53. The third-order valence-electron chi connectivity index (χ3n) is 5.20. The molecule has 1 saturated heterocycles. The van der Waals surface area contributed by atoms with Crippen LogP contribution in [0.5, 0.6) is 0 Å². The SMILES string of the molecule is O=C(O)CN1CCCN(C(=O)C2C3CCCCC32)CC1. The first kappa shape index (κ1) is 13.9. The van der Waals surface area contributed by atoms with Crippen LogP contribution < -0.4 is 0 Å². The molecule has 3 fully saturated rings. The average molecular weight is 280 g/mol. The lowest BCUT2D eigenvalue weighted by Gasteiger charge is -2.21. The zero-order valence-corrected chi connectivity index (χ0v) is 12.0. The van der Waals surface area contributed by atoms with E-state index in [4.69, 9.17) is 5.11 Å². The van der Waals surface area contributed by atoms with Crippen LogP contribution in [0.2, 0.25) is 0 Å². The van der Waals surface area contributed by atoms with Gasteiger partial charge in [0.1, 0.15) is 0 Å².